The van der Waals surface area contributed by atoms with Gasteiger partial charge in [0.05, 0.1) is 30.2 Å². The monoisotopic (exact) mass is 418 g/mol. The predicted octanol–water partition coefficient (Wildman–Crippen LogP) is 3.43. The van der Waals surface area contributed by atoms with E-state index < -0.39 is 5.97 Å². The van der Waals surface area contributed by atoms with Gasteiger partial charge in [-0.25, -0.2) is 0 Å². The molecule has 1 amide bonds. The molecule has 0 aliphatic heterocycles. The molecule has 0 fully saturated rings. The molecule has 158 valence electrons. The molecule has 2 aromatic rings. The normalized spacial score (nSPS) is 11.2. The largest absolute Gasteiger partial charge is 0.468 e. The maximum atomic E-state index is 12.2. The zero-order valence-electron chi connectivity index (χ0n) is 17.6. The highest BCUT2D eigenvalue weighted by atomic mass is 32.1. The van der Waals surface area contributed by atoms with Crippen molar-refractivity contribution in [2.45, 2.75) is 33.1 Å². The van der Waals surface area contributed by atoms with Crippen molar-refractivity contribution in [3.05, 3.63) is 29.8 Å². The van der Waals surface area contributed by atoms with E-state index in [-0.39, 0.29) is 24.4 Å². The number of rotatable bonds is 8. The maximum Gasteiger partial charge on any atom is 0.319 e. The van der Waals surface area contributed by atoms with E-state index in [0.29, 0.717) is 5.69 Å². The highest BCUT2D eigenvalue weighted by Gasteiger charge is 2.27. The van der Waals surface area contributed by atoms with Gasteiger partial charge in [-0.2, -0.15) is 0 Å². The smallest absolute Gasteiger partial charge is 0.319 e. The van der Waals surface area contributed by atoms with Crippen LogP contribution in [0.15, 0.2) is 24.3 Å². The standard InChI is InChI=1S/C21H30N4O3S/c1-6-24-20-18(21(2,3)4)17(19(22)29-20)13-8-7-9-14(10-13)25-15(26)11-23-12-16(27)28-5/h7-10,23-24H,6,11-12,22H2,1-5H3,(H,25,26). The lowest BCUT2D eigenvalue weighted by Gasteiger charge is -2.23. The second-order valence-corrected chi connectivity index (χ2v) is 8.69. The summed E-state index contributed by atoms with van der Waals surface area (Å²) >= 11 is 1.55. The van der Waals surface area contributed by atoms with Crippen molar-refractivity contribution in [1.82, 2.24) is 5.32 Å². The van der Waals surface area contributed by atoms with Gasteiger partial charge in [-0.15, -0.1) is 11.3 Å². The van der Waals surface area contributed by atoms with E-state index in [9.17, 15) is 9.59 Å². The van der Waals surface area contributed by atoms with Crippen LogP contribution in [0.25, 0.3) is 11.1 Å². The average Bonchev–Trinajstić information content (AvgIpc) is 2.98. The van der Waals surface area contributed by atoms with Crippen LogP contribution in [0.2, 0.25) is 0 Å². The SMILES string of the molecule is CCNc1sc(N)c(-c2cccc(NC(=O)CNCC(=O)OC)c2)c1C(C)(C)C. The van der Waals surface area contributed by atoms with Gasteiger partial charge in [0.2, 0.25) is 5.91 Å². The van der Waals surface area contributed by atoms with E-state index in [1.807, 2.05) is 24.3 Å². The fourth-order valence-corrected chi connectivity index (χ4v) is 4.31. The first-order valence-electron chi connectivity index (χ1n) is 9.51. The zero-order chi connectivity index (χ0) is 21.6. The Balaban J connectivity index is 2.25. The first-order valence-corrected chi connectivity index (χ1v) is 10.3. The van der Waals surface area contributed by atoms with Crippen molar-refractivity contribution < 1.29 is 14.3 Å². The van der Waals surface area contributed by atoms with Crippen LogP contribution in [0, 0.1) is 0 Å². The molecule has 1 heterocycles. The average molecular weight is 419 g/mol. The number of thiophene rings is 1. The van der Waals surface area contributed by atoms with Gasteiger partial charge in [-0.05, 0) is 30.0 Å². The molecule has 2 rings (SSSR count). The molecule has 0 aliphatic carbocycles. The molecule has 1 aromatic heterocycles. The van der Waals surface area contributed by atoms with Gasteiger partial charge >= 0.3 is 5.97 Å². The molecule has 8 heteroatoms. The molecule has 1 aromatic carbocycles. The van der Waals surface area contributed by atoms with E-state index in [1.54, 1.807) is 11.3 Å². The number of esters is 1. The van der Waals surface area contributed by atoms with Crippen LogP contribution in [-0.4, -0.2) is 38.6 Å². The summed E-state index contributed by atoms with van der Waals surface area (Å²) < 4.78 is 4.53. The third-order valence-corrected chi connectivity index (χ3v) is 5.22. The van der Waals surface area contributed by atoms with Crippen molar-refractivity contribution >= 4 is 38.9 Å². The molecule has 0 aliphatic rings. The molecule has 29 heavy (non-hydrogen) atoms. The summed E-state index contributed by atoms with van der Waals surface area (Å²) in [6.07, 6.45) is 0. The predicted molar refractivity (Wildman–Crippen MR) is 121 cm³/mol. The minimum absolute atomic E-state index is 0.0116. The molecule has 0 saturated carbocycles. The summed E-state index contributed by atoms with van der Waals surface area (Å²) in [5, 5.41) is 10.8. The number of ether oxygens (including phenoxy) is 1. The van der Waals surface area contributed by atoms with Crippen molar-refractivity contribution in [3.63, 3.8) is 0 Å². The van der Waals surface area contributed by atoms with Crippen LogP contribution in [0.1, 0.15) is 33.3 Å². The lowest BCUT2D eigenvalue weighted by molar-refractivity contribution is -0.139. The number of hydrogen-bond donors (Lipinski definition) is 4. The molecule has 7 nitrogen and oxygen atoms in total. The summed E-state index contributed by atoms with van der Waals surface area (Å²) in [4.78, 5) is 23.3. The molecular formula is C21H30N4O3S. The molecular weight excluding hydrogens is 388 g/mol. The number of benzene rings is 1. The van der Waals surface area contributed by atoms with Crippen LogP contribution < -0.4 is 21.7 Å². The van der Waals surface area contributed by atoms with E-state index >= 15 is 0 Å². The lowest BCUT2D eigenvalue weighted by atomic mass is 9.83. The summed E-state index contributed by atoms with van der Waals surface area (Å²) in [7, 11) is 1.30. The van der Waals surface area contributed by atoms with Crippen molar-refractivity contribution in [1.29, 1.82) is 0 Å². The molecule has 0 radical (unpaired) electrons. The number of amides is 1. The Morgan fingerprint density at radius 2 is 1.93 bits per heavy atom. The van der Waals surface area contributed by atoms with E-state index in [0.717, 1.165) is 27.7 Å². The Kier molecular flexibility index (Phi) is 7.64. The fraction of sp³-hybridized carbons (Fsp3) is 0.429. The van der Waals surface area contributed by atoms with Crippen molar-refractivity contribution in [3.8, 4) is 11.1 Å². The number of carbonyl (C=O) groups is 2. The van der Waals surface area contributed by atoms with Gasteiger partial charge in [0.1, 0.15) is 0 Å². The molecule has 5 N–H and O–H groups in total. The molecule has 0 bridgehead atoms. The van der Waals surface area contributed by atoms with Gasteiger partial charge in [-0.3, -0.25) is 14.9 Å². The van der Waals surface area contributed by atoms with Crippen LogP contribution in [0.3, 0.4) is 0 Å². The lowest BCUT2D eigenvalue weighted by Crippen LogP contribution is -2.32. The Morgan fingerprint density at radius 3 is 2.55 bits per heavy atom. The molecule has 0 saturated heterocycles. The highest BCUT2D eigenvalue weighted by Crippen LogP contribution is 2.48. The minimum Gasteiger partial charge on any atom is -0.468 e. The van der Waals surface area contributed by atoms with Crippen LogP contribution >= 0.6 is 11.3 Å². The minimum atomic E-state index is -0.418. The summed E-state index contributed by atoms with van der Waals surface area (Å²) in [5.41, 5.74) is 10.1. The molecule has 0 atom stereocenters. The van der Waals surface area contributed by atoms with Crippen LogP contribution in [0.5, 0.6) is 0 Å². The number of nitrogens with one attached hydrogen (secondary N) is 3. The first kappa shape index (κ1) is 22.7. The highest BCUT2D eigenvalue weighted by molar-refractivity contribution is 7.20. The summed E-state index contributed by atoms with van der Waals surface area (Å²) in [6.45, 7) is 9.37. The van der Waals surface area contributed by atoms with Gasteiger partial charge < -0.3 is 21.1 Å². The zero-order valence-corrected chi connectivity index (χ0v) is 18.5. The topological polar surface area (TPSA) is 105 Å². The molecule has 0 unspecified atom stereocenters. The van der Waals surface area contributed by atoms with Crippen molar-refractivity contribution in [2.75, 3.05) is 43.1 Å². The van der Waals surface area contributed by atoms with E-state index in [4.69, 9.17) is 5.73 Å². The van der Waals surface area contributed by atoms with Crippen LogP contribution in [0.4, 0.5) is 15.7 Å². The second-order valence-electron chi connectivity index (χ2n) is 7.63. The third kappa shape index (κ3) is 5.95. The number of hydrogen-bond acceptors (Lipinski definition) is 7. The number of carbonyl (C=O) groups excluding carboxylic acids is 2. The Bertz CT molecular complexity index is 871. The van der Waals surface area contributed by atoms with E-state index in [1.165, 1.54) is 12.7 Å². The number of methoxy groups -OCH3 is 1. The maximum absolute atomic E-state index is 12.2. The third-order valence-electron chi connectivity index (χ3n) is 4.24. The van der Waals surface area contributed by atoms with Gasteiger partial charge in [0.25, 0.3) is 0 Å². The Hall–Kier alpha value is -2.58. The van der Waals surface area contributed by atoms with Crippen molar-refractivity contribution in [2.24, 2.45) is 0 Å². The summed E-state index contributed by atoms with van der Waals surface area (Å²) in [5.74, 6) is -0.660. The Labute approximate surface area is 176 Å². The first-order chi connectivity index (χ1) is 13.7. The number of nitrogens with two attached hydrogens (primary N) is 1. The second kappa shape index (κ2) is 9.76. The quantitative estimate of drug-likeness (QED) is 0.490. The Morgan fingerprint density at radius 1 is 1.21 bits per heavy atom. The number of anilines is 3. The van der Waals surface area contributed by atoms with Gasteiger partial charge in [0.15, 0.2) is 0 Å². The van der Waals surface area contributed by atoms with Gasteiger partial charge in [-0.1, -0.05) is 32.9 Å². The van der Waals surface area contributed by atoms with Gasteiger partial charge in [0, 0.05) is 23.4 Å². The summed E-state index contributed by atoms with van der Waals surface area (Å²) in [6, 6.07) is 7.63. The fourth-order valence-electron chi connectivity index (χ4n) is 3.04. The van der Waals surface area contributed by atoms with E-state index in [2.05, 4.69) is 48.4 Å². The molecule has 0 spiro atoms. The number of nitrogen functional groups attached to an aromatic ring is 1. The van der Waals surface area contributed by atoms with Crippen LogP contribution in [-0.2, 0) is 19.7 Å².